The average Bonchev–Trinajstić information content (AvgIpc) is 2.38. The molecule has 1 rings (SSSR count). The number of hydrogen-bond acceptors (Lipinski definition) is 4. The second-order valence-electron chi connectivity index (χ2n) is 4.23. The van der Waals surface area contributed by atoms with Crippen LogP contribution in [0.3, 0.4) is 0 Å². The molecular weight excluding hydrogens is 248 g/mol. The van der Waals surface area contributed by atoms with E-state index in [0.717, 1.165) is 5.56 Å². The highest BCUT2D eigenvalue weighted by molar-refractivity contribution is 6.60. The summed E-state index contributed by atoms with van der Waals surface area (Å²) in [6, 6.07) is 10.7. The van der Waals surface area contributed by atoms with Crippen LogP contribution in [0.2, 0.25) is 0 Å². The fraction of sp³-hybridized carbons (Fsp3) is 0.538. The summed E-state index contributed by atoms with van der Waals surface area (Å²) in [6.45, 7) is 4.12. The lowest BCUT2D eigenvalue weighted by Gasteiger charge is -2.26. The molecule has 5 heteroatoms. The Labute approximate surface area is 110 Å². The number of benzene rings is 1. The Morgan fingerprint density at radius 3 is 2.17 bits per heavy atom. The first-order valence-electron chi connectivity index (χ1n) is 6.01. The Kier molecular flexibility index (Phi) is 6.52. The predicted molar refractivity (Wildman–Crippen MR) is 72.1 cm³/mol. The molecule has 0 spiro atoms. The summed E-state index contributed by atoms with van der Waals surface area (Å²) in [7, 11) is 0.562. The molecule has 0 saturated carbocycles. The largest absolute Gasteiger partial charge is 0.506 e. The third kappa shape index (κ3) is 4.87. The summed E-state index contributed by atoms with van der Waals surface area (Å²) in [6.07, 6.45) is 0.127. The Morgan fingerprint density at radius 2 is 1.67 bits per heavy atom. The van der Waals surface area contributed by atoms with Gasteiger partial charge in [0.15, 0.2) is 0 Å². The highest BCUT2D eigenvalue weighted by atomic mass is 28.4. The first-order chi connectivity index (χ1) is 8.62. The van der Waals surface area contributed by atoms with Crippen molar-refractivity contribution in [3.05, 3.63) is 35.9 Å². The summed E-state index contributed by atoms with van der Waals surface area (Å²) in [5.74, 6) is 0. The van der Waals surface area contributed by atoms with Crippen molar-refractivity contribution in [3.8, 4) is 0 Å². The molecule has 0 aromatic heterocycles. The van der Waals surface area contributed by atoms with E-state index in [-0.39, 0.29) is 12.9 Å². The summed E-state index contributed by atoms with van der Waals surface area (Å²) in [4.78, 5) is 0. The van der Waals surface area contributed by atoms with Crippen molar-refractivity contribution >= 4 is 8.80 Å². The topological polar surface area (TPSA) is 36.9 Å². The van der Waals surface area contributed by atoms with E-state index < -0.39 is 8.80 Å². The number of hydrogen-bond donors (Lipinski definition) is 0. The van der Waals surface area contributed by atoms with E-state index in [0.29, 0.717) is 6.04 Å². The molecule has 18 heavy (non-hydrogen) atoms. The molecule has 1 aromatic rings. The third-order valence-corrected chi connectivity index (χ3v) is 5.21. The fourth-order valence-corrected chi connectivity index (χ4v) is 3.28. The van der Waals surface area contributed by atoms with Crippen LogP contribution in [0.1, 0.15) is 19.4 Å². The van der Waals surface area contributed by atoms with Crippen LogP contribution in [0, 0.1) is 0 Å². The van der Waals surface area contributed by atoms with Crippen LogP contribution in [0.15, 0.2) is 30.3 Å². The van der Waals surface area contributed by atoms with E-state index in [2.05, 4.69) is 0 Å². The molecule has 0 atom stereocenters. The molecule has 0 N–H and O–H groups in total. The highest BCUT2D eigenvalue weighted by Gasteiger charge is 2.39. The van der Waals surface area contributed by atoms with E-state index in [1.165, 1.54) is 0 Å². The fourth-order valence-electron chi connectivity index (χ4n) is 1.50. The van der Waals surface area contributed by atoms with Gasteiger partial charge in [0, 0.05) is 20.3 Å². The minimum Gasteiger partial charge on any atom is -0.377 e. The maximum Gasteiger partial charge on any atom is 0.506 e. The predicted octanol–water partition coefficient (Wildman–Crippen LogP) is 2.40. The van der Waals surface area contributed by atoms with Gasteiger partial charge in [-0.25, -0.2) is 0 Å². The zero-order valence-electron chi connectivity index (χ0n) is 11.5. The third-order valence-electron chi connectivity index (χ3n) is 2.57. The van der Waals surface area contributed by atoms with Gasteiger partial charge in [-0.1, -0.05) is 30.3 Å². The monoisotopic (exact) mass is 270 g/mol. The molecule has 0 heterocycles. The van der Waals surface area contributed by atoms with Gasteiger partial charge in [-0.2, -0.15) is 0 Å². The lowest BCUT2D eigenvalue weighted by Crippen LogP contribution is -2.47. The molecule has 0 aliphatic carbocycles. The van der Waals surface area contributed by atoms with Gasteiger partial charge in [0.2, 0.25) is 0 Å². The van der Waals surface area contributed by atoms with Gasteiger partial charge >= 0.3 is 8.80 Å². The number of rotatable bonds is 8. The van der Waals surface area contributed by atoms with Crippen molar-refractivity contribution in [2.24, 2.45) is 0 Å². The summed E-state index contributed by atoms with van der Waals surface area (Å²) in [5.41, 5.74) is 1.14. The molecule has 0 aliphatic heterocycles. The molecule has 0 radical (unpaired) electrons. The Morgan fingerprint density at radius 1 is 1.06 bits per heavy atom. The standard InChI is InChI=1S/C13H22O4Si/c1-12(2)16-11-17-18(14-3,15-4)10-13-8-6-5-7-9-13/h5-9,12H,10-11H2,1-4H3. The normalized spacial score (nSPS) is 12.1. The number of ether oxygens (including phenoxy) is 1. The Bertz CT molecular complexity index is 325. The molecule has 1 aromatic carbocycles. The molecule has 0 aliphatic rings. The molecule has 4 nitrogen and oxygen atoms in total. The second kappa shape index (κ2) is 7.65. The summed E-state index contributed by atoms with van der Waals surface area (Å²) >= 11 is 0. The van der Waals surface area contributed by atoms with Gasteiger partial charge in [-0.3, -0.25) is 0 Å². The minimum atomic E-state index is -2.68. The average molecular weight is 270 g/mol. The van der Waals surface area contributed by atoms with Gasteiger partial charge < -0.3 is 18.0 Å². The van der Waals surface area contributed by atoms with Crippen molar-refractivity contribution in [1.82, 2.24) is 0 Å². The Hall–Kier alpha value is -0.723. The van der Waals surface area contributed by atoms with E-state index in [9.17, 15) is 0 Å². The van der Waals surface area contributed by atoms with Crippen molar-refractivity contribution in [2.75, 3.05) is 21.0 Å². The van der Waals surface area contributed by atoms with Crippen LogP contribution < -0.4 is 0 Å². The zero-order chi connectivity index (χ0) is 13.4. The smallest absolute Gasteiger partial charge is 0.377 e. The van der Waals surface area contributed by atoms with Gasteiger partial charge in [0.1, 0.15) is 6.79 Å². The van der Waals surface area contributed by atoms with Crippen molar-refractivity contribution in [1.29, 1.82) is 0 Å². The van der Waals surface area contributed by atoms with Crippen LogP contribution in [0.5, 0.6) is 0 Å². The van der Waals surface area contributed by atoms with E-state index in [1.807, 2.05) is 44.2 Å². The SMILES string of the molecule is CO[Si](Cc1ccccc1)(OC)OCOC(C)C. The van der Waals surface area contributed by atoms with Gasteiger partial charge in [0.25, 0.3) is 0 Å². The van der Waals surface area contributed by atoms with E-state index >= 15 is 0 Å². The van der Waals surface area contributed by atoms with Crippen LogP contribution in [0.25, 0.3) is 0 Å². The molecule has 0 unspecified atom stereocenters. The van der Waals surface area contributed by atoms with Gasteiger partial charge in [-0.15, -0.1) is 0 Å². The first kappa shape index (κ1) is 15.3. The minimum absolute atomic E-state index is 0.127. The molecular formula is C13H22O4Si. The lowest BCUT2D eigenvalue weighted by atomic mass is 10.2. The first-order valence-corrected chi connectivity index (χ1v) is 7.95. The van der Waals surface area contributed by atoms with Gasteiger partial charge in [0.05, 0.1) is 6.10 Å². The van der Waals surface area contributed by atoms with Crippen molar-refractivity contribution in [3.63, 3.8) is 0 Å². The van der Waals surface area contributed by atoms with Crippen LogP contribution in [-0.4, -0.2) is 35.9 Å². The van der Waals surface area contributed by atoms with Crippen LogP contribution >= 0.6 is 0 Å². The van der Waals surface area contributed by atoms with E-state index in [1.54, 1.807) is 14.2 Å². The maximum atomic E-state index is 5.72. The van der Waals surface area contributed by atoms with E-state index in [4.69, 9.17) is 18.0 Å². The molecule has 0 bridgehead atoms. The summed E-state index contributed by atoms with van der Waals surface area (Å²) < 4.78 is 22.1. The molecule has 102 valence electrons. The quantitative estimate of drug-likeness (QED) is 0.537. The maximum absolute atomic E-state index is 5.72. The lowest BCUT2D eigenvalue weighted by molar-refractivity contribution is -0.0577. The van der Waals surface area contributed by atoms with Gasteiger partial charge in [-0.05, 0) is 19.4 Å². The van der Waals surface area contributed by atoms with Crippen LogP contribution in [0.4, 0.5) is 0 Å². The van der Waals surface area contributed by atoms with Crippen molar-refractivity contribution in [2.45, 2.75) is 26.0 Å². The molecule has 0 amide bonds. The zero-order valence-corrected chi connectivity index (χ0v) is 12.5. The highest BCUT2D eigenvalue weighted by Crippen LogP contribution is 2.15. The van der Waals surface area contributed by atoms with Crippen LogP contribution in [-0.2, 0) is 24.1 Å². The molecule has 0 saturated heterocycles. The second-order valence-corrected chi connectivity index (χ2v) is 7.06. The van der Waals surface area contributed by atoms with Crippen molar-refractivity contribution < 1.29 is 18.0 Å². The Balaban J connectivity index is 2.62. The molecule has 0 fully saturated rings. The summed E-state index contributed by atoms with van der Waals surface area (Å²) in [5, 5.41) is 0.